The fourth-order valence-electron chi connectivity index (χ4n) is 2.67. The van der Waals surface area contributed by atoms with Crippen LogP contribution in [-0.4, -0.2) is 20.5 Å². The van der Waals surface area contributed by atoms with Crippen molar-refractivity contribution < 1.29 is 4.79 Å². The molecule has 7 heteroatoms. The number of amides is 1. The van der Waals surface area contributed by atoms with Crippen molar-refractivity contribution in [1.29, 1.82) is 0 Å². The van der Waals surface area contributed by atoms with Crippen molar-refractivity contribution in [1.82, 2.24) is 14.6 Å². The van der Waals surface area contributed by atoms with Gasteiger partial charge in [0.2, 0.25) is 0 Å². The van der Waals surface area contributed by atoms with E-state index in [0.717, 1.165) is 16.0 Å². The van der Waals surface area contributed by atoms with Crippen LogP contribution in [0.15, 0.2) is 81.6 Å². The first-order chi connectivity index (χ1) is 12.6. The number of nitrogens with one attached hydrogen (secondary N) is 1. The van der Waals surface area contributed by atoms with Crippen LogP contribution >= 0.6 is 11.8 Å². The Balaban J connectivity index is 1.69. The van der Waals surface area contributed by atoms with Crippen LogP contribution in [0.5, 0.6) is 0 Å². The zero-order valence-corrected chi connectivity index (χ0v) is 14.4. The third-order valence-electron chi connectivity index (χ3n) is 3.95. The van der Waals surface area contributed by atoms with Gasteiger partial charge in [0, 0.05) is 27.7 Å². The number of primary amides is 1. The minimum Gasteiger partial charge on any atom is -0.365 e. The minimum absolute atomic E-state index is 0.148. The summed E-state index contributed by atoms with van der Waals surface area (Å²) in [5, 5.41) is 2.83. The van der Waals surface area contributed by atoms with E-state index in [1.165, 1.54) is 15.6 Å². The molecule has 0 fully saturated rings. The molecular weight excluding hydrogens is 348 g/mol. The summed E-state index contributed by atoms with van der Waals surface area (Å²) in [4.78, 5) is 30.0. The summed E-state index contributed by atoms with van der Waals surface area (Å²) in [6, 6.07) is 18.1. The first-order valence-corrected chi connectivity index (χ1v) is 8.67. The Morgan fingerprint density at radius 1 is 1.04 bits per heavy atom. The highest BCUT2D eigenvalue weighted by atomic mass is 32.2. The van der Waals surface area contributed by atoms with Gasteiger partial charge in [-0.15, -0.1) is 0 Å². The van der Waals surface area contributed by atoms with E-state index in [4.69, 9.17) is 5.73 Å². The molecule has 0 aliphatic rings. The number of hydrogen-bond donors (Lipinski definition) is 2. The Hall–Kier alpha value is -3.32. The highest BCUT2D eigenvalue weighted by Crippen LogP contribution is 2.30. The number of aromatic amines is 1. The van der Waals surface area contributed by atoms with Crippen molar-refractivity contribution >= 4 is 23.3 Å². The van der Waals surface area contributed by atoms with Crippen LogP contribution in [0.25, 0.3) is 16.8 Å². The molecule has 2 heterocycles. The third kappa shape index (κ3) is 2.89. The smallest absolute Gasteiger partial charge is 0.285 e. The van der Waals surface area contributed by atoms with Crippen molar-refractivity contribution in [3.8, 4) is 11.1 Å². The number of nitrogens with zero attached hydrogens (tertiary/aromatic N) is 2. The molecule has 0 saturated heterocycles. The lowest BCUT2D eigenvalue weighted by Gasteiger charge is -2.04. The molecule has 0 aliphatic carbocycles. The fraction of sp³-hybridized carbons (Fsp3) is 0. The molecule has 2 aromatic heterocycles. The molecule has 0 aliphatic heterocycles. The number of fused-ring (bicyclic) bond motifs is 1. The summed E-state index contributed by atoms with van der Waals surface area (Å²) in [5.74, 6) is -0.796. The lowest BCUT2D eigenvalue weighted by molar-refractivity contribution is 0.0998. The van der Waals surface area contributed by atoms with Gasteiger partial charge in [-0.2, -0.15) is 0 Å². The molecule has 3 N–H and O–H groups in total. The van der Waals surface area contributed by atoms with E-state index in [2.05, 4.69) is 22.2 Å². The maximum atomic E-state index is 12.3. The van der Waals surface area contributed by atoms with Crippen molar-refractivity contribution in [2.24, 2.45) is 5.73 Å². The Morgan fingerprint density at radius 3 is 2.42 bits per heavy atom. The second-order valence-electron chi connectivity index (χ2n) is 5.63. The lowest BCUT2D eigenvalue weighted by Crippen LogP contribution is -2.27. The fourth-order valence-corrected chi connectivity index (χ4v) is 3.50. The second-order valence-corrected chi connectivity index (χ2v) is 6.77. The standard InChI is InChI=1S/C19H14N4O2S/c20-17(24)16-10-21-18-15(11-22-23(18)19(16)25)12-6-8-14(9-7-12)26-13-4-2-1-3-5-13/h1-11,22H,(H2,20,24). The minimum atomic E-state index is -0.796. The number of rotatable bonds is 4. The maximum Gasteiger partial charge on any atom is 0.285 e. The summed E-state index contributed by atoms with van der Waals surface area (Å²) in [7, 11) is 0. The van der Waals surface area contributed by atoms with Gasteiger partial charge in [0.15, 0.2) is 5.65 Å². The largest absolute Gasteiger partial charge is 0.365 e. The second kappa shape index (κ2) is 6.53. The monoisotopic (exact) mass is 362 g/mol. The van der Waals surface area contributed by atoms with E-state index in [1.807, 2.05) is 42.5 Å². The Morgan fingerprint density at radius 2 is 1.73 bits per heavy atom. The number of hydrogen-bond acceptors (Lipinski definition) is 4. The van der Waals surface area contributed by atoms with Gasteiger partial charge >= 0.3 is 0 Å². The van der Waals surface area contributed by atoms with Crippen LogP contribution < -0.4 is 11.3 Å². The molecular formula is C19H14N4O2S. The molecule has 4 aromatic rings. The van der Waals surface area contributed by atoms with Gasteiger partial charge in [-0.3, -0.25) is 14.7 Å². The molecule has 2 aromatic carbocycles. The number of aromatic nitrogens is 3. The van der Waals surface area contributed by atoms with Gasteiger partial charge in [0.25, 0.3) is 11.5 Å². The number of carbonyl (C=O) groups excluding carboxylic acids is 1. The maximum absolute atomic E-state index is 12.3. The van der Waals surface area contributed by atoms with Gasteiger partial charge < -0.3 is 5.73 Å². The van der Waals surface area contributed by atoms with E-state index in [-0.39, 0.29) is 5.56 Å². The topological polar surface area (TPSA) is 93.2 Å². The first kappa shape index (κ1) is 16.2. The molecule has 4 rings (SSSR count). The first-order valence-electron chi connectivity index (χ1n) is 7.86. The quantitative estimate of drug-likeness (QED) is 0.584. The zero-order chi connectivity index (χ0) is 18.1. The van der Waals surface area contributed by atoms with Gasteiger partial charge in [-0.05, 0) is 29.8 Å². The molecule has 0 saturated carbocycles. The molecule has 128 valence electrons. The van der Waals surface area contributed by atoms with Crippen molar-refractivity contribution in [2.45, 2.75) is 9.79 Å². The summed E-state index contributed by atoms with van der Waals surface area (Å²) < 4.78 is 1.22. The van der Waals surface area contributed by atoms with Crippen molar-refractivity contribution in [3.63, 3.8) is 0 Å². The Bertz CT molecular complexity index is 1150. The Labute approximate surface area is 152 Å². The van der Waals surface area contributed by atoms with Crippen LogP contribution in [-0.2, 0) is 0 Å². The van der Waals surface area contributed by atoms with Gasteiger partial charge in [0.05, 0.1) is 0 Å². The van der Waals surface area contributed by atoms with E-state index in [9.17, 15) is 9.59 Å². The summed E-state index contributed by atoms with van der Waals surface area (Å²) in [6.07, 6.45) is 2.91. The van der Waals surface area contributed by atoms with Crippen molar-refractivity contribution in [2.75, 3.05) is 0 Å². The van der Waals surface area contributed by atoms with Crippen LogP contribution in [0.2, 0.25) is 0 Å². The van der Waals surface area contributed by atoms with Crippen LogP contribution in [0.3, 0.4) is 0 Å². The average Bonchev–Trinajstić information content (AvgIpc) is 3.08. The van der Waals surface area contributed by atoms with Crippen LogP contribution in [0, 0.1) is 0 Å². The molecule has 26 heavy (non-hydrogen) atoms. The molecule has 0 radical (unpaired) electrons. The predicted octanol–water partition coefficient (Wildman–Crippen LogP) is 2.94. The molecule has 0 bridgehead atoms. The molecule has 6 nitrogen and oxygen atoms in total. The molecule has 0 atom stereocenters. The molecule has 1 amide bonds. The molecule has 0 unspecified atom stereocenters. The molecule has 0 spiro atoms. The third-order valence-corrected chi connectivity index (χ3v) is 4.97. The van der Waals surface area contributed by atoms with Gasteiger partial charge in [-0.1, -0.05) is 42.1 Å². The predicted molar refractivity (Wildman–Crippen MR) is 100 cm³/mol. The van der Waals surface area contributed by atoms with E-state index in [0.29, 0.717) is 5.65 Å². The zero-order valence-electron chi connectivity index (χ0n) is 13.5. The van der Waals surface area contributed by atoms with Crippen LogP contribution in [0.1, 0.15) is 10.4 Å². The highest BCUT2D eigenvalue weighted by Gasteiger charge is 2.14. The van der Waals surface area contributed by atoms with Gasteiger partial charge in [-0.25, -0.2) is 9.50 Å². The van der Waals surface area contributed by atoms with E-state index in [1.54, 1.807) is 18.0 Å². The van der Waals surface area contributed by atoms with Gasteiger partial charge in [0.1, 0.15) is 5.56 Å². The number of benzene rings is 2. The Kier molecular flexibility index (Phi) is 4.06. The van der Waals surface area contributed by atoms with E-state index >= 15 is 0 Å². The lowest BCUT2D eigenvalue weighted by atomic mass is 10.1. The highest BCUT2D eigenvalue weighted by molar-refractivity contribution is 7.99. The van der Waals surface area contributed by atoms with E-state index < -0.39 is 11.5 Å². The number of H-pyrrole nitrogens is 1. The summed E-state index contributed by atoms with van der Waals surface area (Å²) in [6.45, 7) is 0. The van der Waals surface area contributed by atoms with Crippen LogP contribution in [0.4, 0.5) is 0 Å². The van der Waals surface area contributed by atoms with Crippen molar-refractivity contribution in [3.05, 3.63) is 82.9 Å². The normalized spacial score (nSPS) is 10.9. The summed E-state index contributed by atoms with van der Waals surface area (Å²) >= 11 is 1.67. The average molecular weight is 362 g/mol. The summed E-state index contributed by atoms with van der Waals surface area (Å²) in [5.41, 5.74) is 6.67. The SMILES string of the molecule is NC(=O)c1cnc2c(-c3ccc(Sc4ccccc4)cc3)c[nH]n2c1=O. The number of nitrogens with two attached hydrogens (primary N) is 1. The number of carbonyl (C=O) groups is 1.